The van der Waals surface area contributed by atoms with E-state index in [1.165, 1.54) is 33.4 Å². The van der Waals surface area contributed by atoms with E-state index < -0.39 is 39.2 Å². The first-order valence-corrected chi connectivity index (χ1v) is 48.2. The number of hydrogen-bond donors (Lipinski definition) is 1. The molecule has 4 saturated carbocycles. The molecule has 0 aromatic rings. The summed E-state index contributed by atoms with van der Waals surface area (Å²) < 4.78 is 46.1. The molecule has 14 heteroatoms. The van der Waals surface area contributed by atoms with Crippen LogP contribution in [-0.2, 0) is 41.5 Å². The van der Waals surface area contributed by atoms with Gasteiger partial charge in [-0.2, -0.15) is 0 Å². The molecule has 1 N–H and O–H groups in total. The van der Waals surface area contributed by atoms with Crippen LogP contribution in [0.4, 0.5) is 0 Å². The highest BCUT2D eigenvalue weighted by Crippen LogP contribution is 2.58. The van der Waals surface area contributed by atoms with Crippen molar-refractivity contribution in [3.05, 3.63) is 94.2 Å². The molecule has 0 amide bonds. The quantitative estimate of drug-likeness (QED) is 0.0538. The minimum atomic E-state index is -2.02. The number of allylic oxidation sites excluding steroid dienone is 8. The van der Waals surface area contributed by atoms with Crippen molar-refractivity contribution in [3.63, 3.8) is 0 Å². The van der Waals surface area contributed by atoms with E-state index in [1.807, 2.05) is 6.92 Å². The van der Waals surface area contributed by atoms with Crippen molar-refractivity contribution in [1.82, 2.24) is 0 Å². The second kappa shape index (κ2) is 32.2. The van der Waals surface area contributed by atoms with Gasteiger partial charge in [0.2, 0.25) is 0 Å². The Labute approximate surface area is 574 Å². The van der Waals surface area contributed by atoms with Crippen LogP contribution in [0.25, 0.3) is 0 Å². The van der Waals surface area contributed by atoms with Gasteiger partial charge in [0, 0.05) is 12.8 Å². The number of carbonyl (C=O) groups excluding carboxylic acids is 1. The van der Waals surface area contributed by atoms with Crippen molar-refractivity contribution in [3.8, 4) is 0 Å². The zero-order valence-electron chi connectivity index (χ0n) is 64.3. The van der Waals surface area contributed by atoms with Crippen LogP contribution in [-0.4, -0.2) is 106 Å². The highest BCUT2D eigenvalue weighted by Gasteiger charge is 2.50. The largest absolute Gasteiger partial charge is 0.480 e. The SMILES string of the molecule is C=C1C(=CC=C2CCC[C@]3(C)C([C@H](C)OCC(=O)O)=CCC23)C[C@@H](O[Si](C)(C)C(C)(C)C)C[C@@H]1O[Si](C)(C)C(C)(C)C.C=C1C(=CC=C2CCC[C@]3(C)C([C@H](C)OCC(=O)OC(CCCC)CCCC)=CC[C@@H]23)C[C@@H](O[Si](C)(C)C(C)(C)C)C[C@@H]1O[Si](C)(C)C(C)(C)C. The molecule has 0 heterocycles. The number of carboxylic acids is 1. The molecule has 530 valence electrons. The van der Waals surface area contributed by atoms with Gasteiger partial charge < -0.3 is 37.0 Å². The molecule has 6 aliphatic carbocycles. The molecular formula is C79H138O10Si4. The predicted molar refractivity (Wildman–Crippen MR) is 401 cm³/mol. The van der Waals surface area contributed by atoms with Gasteiger partial charge in [-0.15, -0.1) is 0 Å². The van der Waals surface area contributed by atoms with Gasteiger partial charge >= 0.3 is 11.9 Å². The fraction of sp³-hybridized carbons (Fsp3) is 0.772. The van der Waals surface area contributed by atoms with E-state index in [1.54, 1.807) is 0 Å². The number of rotatable bonds is 25. The highest BCUT2D eigenvalue weighted by atomic mass is 28.4. The van der Waals surface area contributed by atoms with Gasteiger partial charge in [-0.05, 0) is 220 Å². The number of fused-ring (bicyclic) bond motifs is 2. The first kappa shape index (κ1) is 81.2. The molecule has 10 nitrogen and oxygen atoms in total. The Balaban J connectivity index is 0.000000343. The first-order valence-electron chi connectivity index (χ1n) is 36.6. The lowest BCUT2D eigenvalue weighted by molar-refractivity contribution is -0.156. The molecule has 0 radical (unpaired) electrons. The van der Waals surface area contributed by atoms with Gasteiger partial charge in [0.25, 0.3) is 0 Å². The van der Waals surface area contributed by atoms with Gasteiger partial charge in [0.1, 0.15) is 19.3 Å². The summed E-state index contributed by atoms with van der Waals surface area (Å²) in [6.45, 7) is 68.8. The van der Waals surface area contributed by atoms with E-state index in [2.05, 4.69) is 220 Å². The van der Waals surface area contributed by atoms with E-state index in [9.17, 15) is 9.59 Å². The van der Waals surface area contributed by atoms with Crippen molar-refractivity contribution in [2.45, 2.75) is 355 Å². The normalized spacial score (nSPS) is 28.7. The number of carbonyl (C=O) groups is 2. The molecule has 0 aliphatic heterocycles. The molecule has 0 aromatic carbocycles. The van der Waals surface area contributed by atoms with E-state index in [0.717, 1.165) is 127 Å². The minimum Gasteiger partial charge on any atom is -0.480 e. The zero-order valence-corrected chi connectivity index (χ0v) is 68.3. The Bertz CT molecular complexity index is 2760. The maximum atomic E-state index is 12.9. The standard InChI is InChI=1S/C44H78O5Si2.C35H60O5Si2/c1-16-18-22-36(23-19-17-2)47-41(45)31-46-33(4)38-26-27-39-34(21-20-28-44(38,39)11)24-25-35-29-37(48-50(12,13)42(5,6)7)30-40(32(35)3)49-51(14,15)43(8,9)10;1-24-27(17-16-26-15-14-20-35(9)29(18-19-30(26)35)25(2)38-23-32(36)37)21-28(39-41(10,11)33(3,4)5)22-31(24)40-42(12,13)34(6,7)8/h24-26,33,36-37,39-40H,3,16-23,27-31H2,1-2,4-15H3;16-18,25,28,30-31H,1,14-15,19-23H2,2-13H3,(H,36,37)/t33-,37+,39-,40-,44+;25-,28+,30?,31-,35+/m00/s1. The summed E-state index contributed by atoms with van der Waals surface area (Å²) in [4.78, 5) is 24.0. The molecule has 93 heavy (non-hydrogen) atoms. The van der Waals surface area contributed by atoms with Crippen LogP contribution >= 0.6 is 0 Å². The van der Waals surface area contributed by atoms with Crippen LogP contribution in [0.15, 0.2) is 94.2 Å². The Kier molecular flexibility index (Phi) is 28.1. The topological polar surface area (TPSA) is 119 Å². The van der Waals surface area contributed by atoms with Gasteiger partial charge in [-0.25, -0.2) is 9.59 Å². The third kappa shape index (κ3) is 20.8. The predicted octanol–water partition coefficient (Wildman–Crippen LogP) is 22.4. The number of carboxylic acid groups (broad SMARTS) is 1. The van der Waals surface area contributed by atoms with E-state index in [0.29, 0.717) is 11.8 Å². The number of esters is 1. The lowest BCUT2D eigenvalue weighted by Gasteiger charge is -2.45. The first-order chi connectivity index (χ1) is 42.6. The van der Waals surface area contributed by atoms with Crippen molar-refractivity contribution < 1.29 is 46.6 Å². The molecule has 10 atom stereocenters. The molecule has 6 aliphatic rings. The summed E-state index contributed by atoms with van der Waals surface area (Å²) in [5.41, 5.74) is 10.4. The number of aliphatic carboxylic acids is 1. The van der Waals surface area contributed by atoms with E-state index >= 15 is 0 Å². The maximum Gasteiger partial charge on any atom is 0.332 e. The minimum absolute atomic E-state index is 0.00599. The maximum absolute atomic E-state index is 12.9. The monoisotopic (exact) mass is 1360 g/mol. The Morgan fingerprint density at radius 3 is 1.25 bits per heavy atom. The number of ether oxygens (including phenoxy) is 3. The molecular weight excluding hydrogens is 1220 g/mol. The lowest BCUT2D eigenvalue weighted by Crippen LogP contribution is -2.49. The summed E-state index contributed by atoms with van der Waals surface area (Å²) in [6, 6.07) is 0. The van der Waals surface area contributed by atoms with Crippen LogP contribution in [0.2, 0.25) is 72.5 Å². The average molecular weight is 1360 g/mol. The van der Waals surface area contributed by atoms with Crippen LogP contribution in [0.1, 0.15) is 240 Å². The third-order valence-corrected chi connectivity index (χ3v) is 42.6. The summed E-state index contributed by atoms with van der Waals surface area (Å²) in [6.07, 6.45) is 32.7. The Morgan fingerprint density at radius 2 is 0.914 bits per heavy atom. The second-order valence-electron chi connectivity index (χ2n) is 35.7. The molecule has 4 fully saturated rings. The third-order valence-electron chi connectivity index (χ3n) is 24.5. The molecule has 6 rings (SSSR count). The molecule has 0 spiro atoms. The van der Waals surface area contributed by atoms with Crippen LogP contribution < -0.4 is 0 Å². The molecule has 0 saturated heterocycles. The van der Waals surface area contributed by atoms with Crippen molar-refractivity contribution >= 4 is 45.2 Å². The average Bonchev–Trinajstić information content (AvgIpc) is 1.66. The Morgan fingerprint density at radius 1 is 0.570 bits per heavy atom. The van der Waals surface area contributed by atoms with Gasteiger partial charge in [-0.3, -0.25) is 0 Å². The molecule has 1 unspecified atom stereocenters. The lowest BCUT2D eigenvalue weighted by atomic mass is 9.63. The number of unbranched alkanes of at least 4 members (excludes halogenated alkanes) is 2. The summed E-state index contributed by atoms with van der Waals surface area (Å²) in [5, 5.41) is 9.66. The second-order valence-corrected chi connectivity index (χ2v) is 54.7. The Hall–Kier alpha value is -2.51. The summed E-state index contributed by atoms with van der Waals surface area (Å²) in [7, 11) is -7.95. The smallest absolute Gasteiger partial charge is 0.332 e. The highest BCUT2D eigenvalue weighted by molar-refractivity contribution is 6.75. The van der Waals surface area contributed by atoms with Crippen LogP contribution in [0, 0.1) is 22.7 Å². The van der Waals surface area contributed by atoms with Gasteiger partial charge in [-0.1, -0.05) is 197 Å². The van der Waals surface area contributed by atoms with Crippen LogP contribution in [0.5, 0.6) is 0 Å². The zero-order chi connectivity index (χ0) is 70.3. The van der Waals surface area contributed by atoms with Gasteiger partial charge in [0.15, 0.2) is 33.3 Å². The van der Waals surface area contributed by atoms with Crippen molar-refractivity contribution in [2.24, 2.45) is 22.7 Å². The van der Waals surface area contributed by atoms with Crippen molar-refractivity contribution in [2.75, 3.05) is 13.2 Å². The molecule has 0 bridgehead atoms. The summed E-state index contributed by atoms with van der Waals surface area (Å²) >= 11 is 0. The number of hydrogen-bond acceptors (Lipinski definition) is 9. The van der Waals surface area contributed by atoms with Crippen LogP contribution in [0.3, 0.4) is 0 Å². The van der Waals surface area contributed by atoms with Crippen molar-refractivity contribution in [1.29, 1.82) is 0 Å². The van der Waals surface area contributed by atoms with Gasteiger partial charge in [0.05, 0.1) is 36.6 Å². The fourth-order valence-electron chi connectivity index (χ4n) is 14.4. The molecule has 0 aromatic heterocycles. The fourth-order valence-corrected chi connectivity index (χ4v) is 19.7. The van der Waals surface area contributed by atoms with E-state index in [-0.39, 0.29) is 92.9 Å². The summed E-state index contributed by atoms with van der Waals surface area (Å²) in [5.74, 6) is -0.282. The van der Waals surface area contributed by atoms with E-state index in [4.69, 9.17) is 37.0 Å².